The fourth-order valence-electron chi connectivity index (χ4n) is 2.59. The number of alkyl halides is 3. The molecule has 0 aromatic carbocycles. The largest absolute Gasteiger partial charge is 0.390 e. The van der Waals surface area contributed by atoms with Gasteiger partial charge in [-0.3, -0.25) is 14.7 Å². The highest BCUT2D eigenvalue weighted by atomic mass is 19.4. The standard InChI is InChI=1S/C15H20F3N3O2/c16-15(17,18)5-3-14(23)20-12-4-7-21(10-13(12)22)9-11-2-1-6-19-8-11/h1-2,6,8,12-13,22H,3-5,7,9-10H2,(H,20,23)/t12-,13-/m1/s1. The molecule has 0 aliphatic carbocycles. The number of hydrogen-bond acceptors (Lipinski definition) is 4. The lowest BCUT2D eigenvalue weighted by Crippen LogP contribution is -2.53. The van der Waals surface area contributed by atoms with E-state index in [1.54, 1.807) is 12.4 Å². The van der Waals surface area contributed by atoms with E-state index in [0.717, 1.165) is 5.56 Å². The fourth-order valence-corrected chi connectivity index (χ4v) is 2.59. The van der Waals surface area contributed by atoms with Crippen molar-refractivity contribution in [1.29, 1.82) is 0 Å². The summed E-state index contributed by atoms with van der Waals surface area (Å²) in [7, 11) is 0. The van der Waals surface area contributed by atoms with Gasteiger partial charge in [-0.25, -0.2) is 0 Å². The van der Waals surface area contributed by atoms with Gasteiger partial charge in [-0.15, -0.1) is 0 Å². The van der Waals surface area contributed by atoms with E-state index in [0.29, 0.717) is 26.1 Å². The minimum absolute atomic E-state index is 0.360. The summed E-state index contributed by atoms with van der Waals surface area (Å²) in [6.45, 7) is 1.65. The Hall–Kier alpha value is -1.67. The SMILES string of the molecule is O=C(CCC(F)(F)F)N[C@@H]1CCN(Cc2cccnc2)C[C@H]1O. The van der Waals surface area contributed by atoms with Crippen LogP contribution in [0, 0.1) is 0 Å². The zero-order valence-electron chi connectivity index (χ0n) is 12.6. The van der Waals surface area contributed by atoms with Crippen LogP contribution in [0.5, 0.6) is 0 Å². The van der Waals surface area contributed by atoms with Crippen LogP contribution in [-0.4, -0.2) is 52.3 Å². The number of rotatable bonds is 5. The lowest BCUT2D eigenvalue weighted by atomic mass is 10.0. The molecule has 1 aromatic rings. The molecule has 0 saturated carbocycles. The first-order valence-corrected chi connectivity index (χ1v) is 7.49. The van der Waals surface area contributed by atoms with E-state index in [4.69, 9.17) is 0 Å². The normalized spacial score (nSPS) is 22.8. The Balaban J connectivity index is 1.76. The Morgan fingerprint density at radius 1 is 1.48 bits per heavy atom. The summed E-state index contributed by atoms with van der Waals surface area (Å²) >= 11 is 0. The molecule has 1 amide bonds. The molecule has 0 bridgehead atoms. The van der Waals surface area contributed by atoms with Gasteiger partial charge in [-0.2, -0.15) is 13.2 Å². The molecule has 2 atom stereocenters. The highest BCUT2D eigenvalue weighted by Crippen LogP contribution is 2.21. The molecular weight excluding hydrogens is 311 g/mol. The van der Waals surface area contributed by atoms with Crippen LogP contribution in [0.25, 0.3) is 0 Å². The van der Waals surface area contributed by atoms with Gasteiger partial charge in [0.05, 0.1) is 18.6 Å². The van der Waals surface area contributed by atoms with Crippen molar-refractivity contribution < 1.29 is 23.1 Å². The smallest absolute Gasteiger partial charge is 0.389 e. The molecule has 23 heavy (non-hydrogen) atoms. The number of halogens is 3. The highest BCUT2D eigenvalue weighted by molar-refractivity contribution is 5.76. The third kappa shape index (κ3) is 6.15. The van der Waals surface area contributed by atoms with Crippen LogP contribution >= 0.6 is 0 Å². The molecule has 0 spiro atoms. The number of aliphatic hydroxyl groups excluding tert-OH is 1. The van der Waals surface area contributed by atoms with Gasteiger partial charge in [0, 0.05) is 38.4 Å². The third-order valence-corrected chi connectivity index (χ3v) is 3.78. The molecule has 8 heteroatoms. The molecule has 1 aliphatic heterocycles. The monoisotopic (exact) mass is 331 g/mol. The first-order chi connectivity index (χ1) is 10.8. The maximum atomic E-state index is 12.1. The molecule has 1 aromatic heterocycles. The van der Waals surface area contributed by atoms with Gasteiger partial charge in [0.15, 0.2) is 0 Å². The number of aromatic nitrogens is 1. The second-order valence-corrected chi connectivity index (χ2v) is 5.74. The van der Waals surface area contributed by atoms with Crippen LogP contribution in [0.1, 0.15) is 24.8 Å². The predicted octanol–water partition coefficient (Wildman–Crippen LogP) is 1.48. The molecule has 2 N–H and O–H groups in total. The summed E-state index contributed by atoms with van der Waals surface area (Å²) in [6.07, 6.45) is -2.96. The first kappa shape index (κ1) is 17.7. The number of nitrogens with one attached hydrogen (secondary N) is 1. The van der Waals surface area contributed by atoms with Crippen LogP contribution in [-0.2, 0) is 11.3 Å². The predicted molar refractivity (Wildman–Crippen MR) is 77.4 cm³/mol. The average molecular weight is 331 g/mol. The topological polar surface area (TPSA) is 65.5 Å². The van der Waals surface area contributed by atoms with Gasteiger partial charge in [-0.05, 0) is 18.1 Å². The minimum atomic E-state index is -4.34. The summed E-state index contributed by atoms with van der Waals surface area (Å²) in [5, 5.41) is 12.6. The lowest BCUT2D eigenvalue weighted by Gasteiger charge is -2.36. The summed E-state index contributed by atoms with van der Waals surface area (Å²) in [6, 6.07) is 3.27. The Morgan fingerprint density at radius 2 is 2.26 bits per heavy atom. The number of aliphatic hydroxyl groups is 1. The number of likely N-dealkylation sites (tertiary alicyclic amines) is 1. The molecule has 1 saturated heterocycles. The van der Waals surface area contributed by atoms with Gasteiger partial charge in [0.1, 0.15) is 0 Å². The van der Waals surface area contributed by atoms with Gasteiger partial charge in [0.2, 0.25) is 5.91 Å². The van der Waals surface area contributed by atoms with Crippen molar-refractivity contribution in [2.24, 2.45) is 0 Å². The number of β-amino-alcohol motifs (C(OH)–C–C–N with tert-alkyl or cyclic N) is 1. The third-order valence-electron chi connectivity index (χ3n) is 3.78. The Labute approximate surface area is 132 Å². The summed E-state index contributed by atoms with van der Waals surface area (Å²) in [5.41, 5.74) is 1.02. The maximum Gasteiger partial charge on any atom is 0.389 e. The molecule has 1 aliphatic rings. The lowest BCUT2D eigenvalue weighted by molar-refractivity contribution is -0.145. The number of amides is 1. The average Bonchev–Trinajstić information content (AvgIpc) is 2.48. The van der Waals surface area contributed by atoms with E-state index in [1.807, 2.05) is 17.0 Å². The summed E-state index contributed by atoms with van der Waals surface area (Å²) < 4.78 is 36.3. The van der Waals surface area contributed by atoms with E-state index in [9.17, 15) is 23.1 Å². The van der Waals surface area contributed by atoms with Crippen molar-refractivity contribution in [1.82, 2.24) is 15.2 Å². The van der Waals surface area contributed by atoms with Crippen molar-refractivity contribution in [3.05, 3.63) is 30.1 Å². The Morgan fingerprint density at radius 3 is 2.87 bits per heavy atom. The van der Waals surface area contributed by atoms with E-state index < -0.39 is 37.1 Å². The minimum Gasteiger partial charge on any atom is -0.390 e. The van der Waals surface area contributed by atoms with Crippen molar-refractivity contribution in [3.8, 4) is 0 Å². The van der Waals surface area contributed by atoms with Gasteiger partial charge < -0.3 is 10.4 Å². The molecule has 128 valence electrons. The van der Waals surface area contributed by atoms with Crippen LogP contribution in [0.15, 0.2) is 24.5 Å². The number of piperidine rings is 1. The number of hydrogen-bond donors (Lipinski definition) is 2. The zero-order chi connectivity index (χ0) is 16.9. The molecule has 2 rings (SSSR count). The van der Waals surface area contributed by atoms with E-state index >= 15 is 0 Å². The van der Waals surface area contributed by atoms with Crippen LogP contribution in [0.3, 0.4) is 0 Å². The van der Waals surface area contributed by atoms with Crippen LogP contribution < -0.4 is 5.32 Å². The second-order valence-electron chi connectivity index (χ2n) is 5.74. The number of carbonyl (C=O) groups is 1. The van der Waals surface area contributed by atoms with Gasteiger partial charge in [-0.1, -0.05) is 6.07 Å². The number of carbonyl (C=O) groups excluding carboxylic acids is 1. The van der Waals surface area contributed by atoms with Crippen molar-refractivity contribution >= 4 is 5.91 Å². The van der Waals surface area contributed by atoms with Crippen molar-refractivity contribution in [2.45, 2.75) is 44.1 Å². The van der Waals surface area contributed by atoms with Gasteiger partial charge in [0.25, 0.3) is 0 Å². The maximum absolute atomic E-state index is 12.1. The number of pyridine rings is 1. The number of nitrogens with zero attached hydrogens (tertiary/aromatic N) is 2. The molecular formula is C15H20F3N3O2. The van der Waals surface area contributed by atoms with Crippen LogP contribution in [0.4, 0.5) is 13.2 Å². The summed E-state index contributed by atoms with van der Waals surface area (Å²) in [4.78, 5) is 17.6. The first-order valence-electron chi connectivity index (χ1n) is 7.49. The van der Waals surface area contributed by atoms with Crippen molar-refractivity contribution in [3.63, 3.8) is 0 Å². The quantitative estimate of drug-likeness (QED) is 0.858. The zero-order valence-corrected chi connectivity index (χ0v) is 12.6. The fraction of sp³-hybridized carbons (Fsp3) is 0.600. The molecule has 0 radical (unpaired) electrons. The van der Waals surface area contributed by atoms with Crippen LogP contribution in [0.2, 0.25) is 0 Å². The molecule has 5 nitrogen and oxygen atoms in total. The summed E-state index contributed by atoms with van der Waals surface area (Å²) in [5.74, 6) is -0.674. The Bertz CT molecular complexity index is 510. The van der Waals surface area contributed by atoms with E-state index in [1.165, 1.54) is 0 Å². The Kier molecular flexibility index (Phi) is 5.95. The van der Waals surface area contributed by atoms with Crippen molar-refractivity contribution in [2.75, 3.05) is 13.1 Å². The van der Waals surface area contributed by atoms with Gasteiger partial charge >= 0.3 is 6.18 Å². The van der Waals surface area contributed by atoms with E-state index in [2.05, 4.69) is 10.3 Å². The molecule has 1 fully saturated rings. The second kappa shape index (κ2) is 7.74. The highest BCUT2D eigenvalue weighted by Gasteiger charge is 2.31. The van der Waals surface area contributed by atoms with E-state index in [-0.39, 0.29) is 0 Å². The molecule has 2 heterocycles. The molecule has 0 unspecified atom stereocenters.